The van der Waals surface area contributed by atoms with Gasteiger partial charge in [-0.05, 0) is 37.7 Å². The van der Waals surface area contributed by atoms with Gasteiger partial charge in [0, 0.05) is 25.4 Å². The minimum Gasteiger partial charge on any atom is -0.409 e. The lowest BCUT2D eigenvalue weighted by Gasteiger charge is -2.16. The van der Waals surface area contributed by atoms with E-state index in [1.165, 1.54) is 5.56 Å². The number of hydrogen-bond donors (Lipinski definition) is 2. The van der Waals surface area contributed by atoms with Gasteiger partial charge >= 0.3 is 0 Å². The first-order chi connectivity index (χ1) is 7.72. The Kier molecular flexibility index (Phi) is 5.28. The molecular formula is C11H18N4O. The lowest BCUT2D eigenvalue weighted by molar-refractivity contribution is 0.311. The molecule has 88 valence electrons. The van der Waals surface area contributed by atoms with E-state index in [1.54, 1.807) is 12.4 Å². The molecule has 0 atom stereocenters. The number of aromatic nitrogens is 1. The number of amidine groups is 1. The highest BCUT2D eigenvalue weighted by Gasteiger charge is 2.00. The van der Waals surface area contributed by atoms with E-state index in [4.69, 9.17) is 10.9 Å². The van der Waals surface area contributed by atoms with Gasteiger partial charge in [0.1, 0.15) is 5.84 Å². The monoisotopic (exact) mass is 222 g/mol. The summed E-state index contributed by atoms with van der Waals surface area (Å²) in [6, 6.07) is 4.00. The Hall–Kier alpha value is -1.62. The molecule has 0 aromatic carbocycles. The lowest BCUT2D eigenvalue weighted by atomic mass is 10.2. The number of nitrogens with zero attached hydrogens (tertiary/aromatic N) is 3. The summed E-state index contributed by atoms with van der Waals surface area (Å²) in [6.07, 6.45) is 5.09. The zero-order valence-corrected chi connectivity index (χ0v) is 9.50. The van der Waals surface area contributed by atoms with Crippen LogP contribution in [0.4, 0.5) is 0 Å². The second kappa shape index (κ2) is 6.79. The first-order valence-corrected chi connectivity index (χ1v) is 5.26. The fourth-order valence-electron chi connectivity index (χ4n) is 1.46. The van der Waals surface area contributed by atoms with E-state index in [0.717, 1.165) is 19.5 Å². The summed E-state index contributed by atoms with van der Waals surface area (Å²) >= 11 is 0. The minimum absolute atomic E-state index is 0.289. The summed E-state index contributed by atoms with van der Waals surface area (Å²) in [5.41, 5.74) is 6.62. The van der Waals surface area contributed by atoms with Gasteiger partial charge in [0.25, 0.3) is 0 Å². The molecule has 0 amide bonds. The first kappa shape index (κ1) is 12.4. The molecule has 0 fully saturated rings. The summed E-state index contributed by atoms with van der Waals surface area (Å²) < 4.78 is 0. The van der Waals surface area contributed by atoms with Gasteiger partial charge in [0.2, 0.25) is 0 Å². The number of rotatable bonds is 6. The fourth-order valence-corrected chi connectivity index (χ4v) is 1.46. The van der Waals surface area contributed by atoms with Crippen molar-refractivity contribution in [3.8, 4) is 0 Å². The largest absolute Gasteiger partial charge is 0.409 e. The van der Waals surface area contributed by atoms with Crippen molar-refractivity contribution in [3.63, 3.8) is 0 Å². The van der Waals surface area contributed by atoms with Crippen LogP contribution in [0.15, 0.2) is 29.7 Å². The highest BCUT2D eigenvalue weighted by Crippen LogP contribution is 2.02. The molecule has 0 aliphatic carbocycles. The maximum Gasteiger partial charge on any atom is 0.139 e. The Morgan fingerprint density at radius 2 is 2.19 bits per heavy atom. The van der Waals surface area contributed by atoms with Gasteiger partial charge in [-0.15, -0.1) is 0 Å². The van der Waals surface area contributed by atoms with Crippen LogP contribution in [-0.2, 0) is 6.54 Å². The third-order valence-electron chi connectivity index (χ3n) is 2.30. The molecule has 1 aromatic heterocycles. The number of hydrogen-bond acceptors (Lipinski definition) is 4. The molecule has 5 heteroatoms. The normalized spacial score (nSPS) is 12.0. The van der Waals surface area contributed by atoms with Crippen LogP contribution in [-0.4, -0.2) is 34.5 Å². The zero-order valence-electron chi connectivity index (χ0n) is 9.50. The summed E-state index contributed by atoms with van der Waals surface area (Å²) in [5.74, 6) is 0.289. The van der Waals surface area contributed by atoms with Gasteiger partial charge in [-0.2, -0.15) is 0 Å². The Bertz CT molecular complexity index is 326. The van der Waals surface area contributed by atoms with Crippen LogP contribution in [0.5, 0.6) is 0 Å². The maximum absolute atomic E-state index is 8.38. The average Bonchev–Trinajstić information content (AvgIpc) is 2.30. The molecule has 1 heterocycles. The topological polar surface area (TPSA) is 74.7 Å². The second-order valence-electron chi connectivity index (χ2n) is 3.79. The van der Waals surface area contributed by atoms with E-state index in [2.05, 4.69) is 15.0 Å². The number of nitrogens with two attached hydrogens (primary N) is 1. The van der Waals surface area contributed by atoms with E-state index < -0.39 is 0 Å². The zero-order chi connectivity index (χ0) is 11.8. The predicted octanol–water partition coefficient (Wildman–Crippen LogP) is 1.04. The van der Waals surface area contributed by atoms with E-state index in [9.17, 15) is 0 Å². The molecule has 0 saturated heterocycles. The molecule has 3 N–H and O–H groups in total. The van der Waals surface area contributed by atoms with Crippen LogP contribution < -0.4 is 5.73 Å². The lowest BCUT2D eigenvalue weighted by Crippen LogP contribution is -2.21. The molecule has 1 rings (SSSR count). The molecule has 0 bridgehead atoms. The standard InChI is InChI=1S/C11H18N4O/c1-15(8-2-3-11(12)14-16)9-10-4-6-13-7-5-10/h4-7,16H,2-3,8-9H2,1H3,(H2,12,14). The third kappa shape index (κ3) is 4.75. The molecule has 0 saturated carbocycles. The summed E-state index contributed by atoms with van der Waals surface area (Å²) in [6.45, 7) is 1.80. The molecule has 0 aliphatic rings. The van der Waals surface area contributed by atoms with Crippen molar-refractivity contribution in [1.82, 2.24) is 9.88 Å². The van der Waals surface area contributed by atoms with Crippen molar-refractivity contribution in [2.75, 3.05) is 13.6 Å². The Labute approximate surface area is 95.6 Å². The highest BCUT2D eigenvalue weighted by molar-refractivity contribution is 5.79. The van der Waals surface area contributed by atoms with E-state index in [-0.39, 0.29) is 5.84 Å². The average molecular weight is 222 g/mol. The Balaban J connectivity index is 2.24. The second-order valence-corrected chi connectivity index (χ2v) is 3.79. The molecule has 1 aromatic rings. The molecule has 0 spiro atoms. The number of pyridine rings is 1. The predicted molar refractivity (Wildman–Crippen MR) is 63.2 cm³/mol. The van der Waals surface area contributed by atoms with Crippen molar-refractivity contribution in [1.29, 1.82) is 0 Å². The fraction of sp³-hybridized carbons (Fsp3) is 0.455. The van der Waals surface area contributed by atoms with Gasteiger partial charge in [-0.3, -0.25) is 4.98 Å². The maximum atomic E-state index is 8.38. The van der Waals surface area contributed by atoms with E-state index >= 15 is 0 Å². The van der Waals surface area contributed by atoms with E-state index in [1.807, 2.05) is 19.2 Å². The van der Waals surface area contributed by atoms with Crippen molar-refractivity contribution in [2.45, 2.75) is 19.4 Å². The van der Waals surface area contributed by atoms with Gasteiger partial charge in [0.05, 0.1) is 0 Å². The quantitative estimate of drug-likeness (QED) is 0.326. The van der Waals surface area contributed by atoms with Crippen LogP contribution in [0.1, 0.15) is 18.4 Å². The number of oxime groups is 1. The van der Waals surface area contributed by atoms with Crippen LogP contribution in [0, 0.1) is 0 Å². The van der Waals surface area contributed by atoms with Crippen molar-refractivity contribution < 1.29 is 5.21 Å². The van der Waals surface area contributed by atoms with Gasteiger partial charge in [-0.25, -0.2) is 0 Å². The SMILES string of the molecule is CN(CCC/C(N)=N/O)Cc1ccncc1. The summed E-state index contributed by atoms with van der Waals surface area (Å²) in [4.78, 5) is 6.16. The summed E-state index contributed by atoms with van der Waals surface area (Å²) in [5, 5.41) is 11.3. The molecular weight excluding hydrogens is 204 g/mol. The van der Waals surface area contributed by atoms with Crippen molar-refractivity contribution in [2.24, 2.45) is 10.9 Å². The molecule has 0 radical (unpaired) electrons. The smallest absolute Gasteiger partial charge is 0.139 e. The molecule has 5 nitrogen and oxygen atoms in total. The Morgan fingerprint density at radius 1 is 1.50 bits per heavy atom. The molecule has 0 aliphatic heterocycles. The van der Waals surface area contributed by atoms with Crippen LogP contribution in [0.25, 0.3) is 0 Å². The van der Waals surface area contributed by atoms with Crippen LogP contribution >= 0.6 is 0 Å². The third-order valence-corrected chi connectivity index (χ3v) is 2.30. The Morgan fingerprint density at radius 3 is 2.81 bits per heavy atom. The first-order valence-electron chi connectivity index (χ1n) is 5.26. The van der Waals surface area contributed by atoms with Gasteiger partial charge in [0.15, 0.2) is 0 Å². The van der Waals surface area contributed by atoms with Crippen molar-refractivity contribution in [3.05, 3.63) is 30.1 Å². The summed E-state index contributed by atoms with van der Waals surface area (Å²) in [7, 11) is 2.05. The molecule has 0 unspecified atom stereocenters. The van der Waals surface area contributed by atoms with E-state index in [0.29, 0.717) is 6.42 Å². The van der Waals surface area contributed by atoms with Gasteiger partial charge < -0.3 is 15.8 Å². The van der Waals surface area contributed by atoms with Crippen molar-refractivity contribution >= 4 is 5.84 Å². The van der Waals surface area contributed by atoms with Crippen LogP contribution in [0.2, 0.25) is 0 Å². The van der Waals surface area contributed by atoms with Gasteiger partial charge in [-0.1, -0.05) is 5.16 Å². The minimum atomic E-state index is 0.289. The molecule has 16 heavy (non-hydrogen) atoms. The highest BCUT2D eigenvalue weighted by atomic mass is 16.4. The van der Waals surface area contributed by atoms with Crippen LogP contribution in [0.3, 0.4) is 0 Å².